The highest BCUT2D eigenvalue weighted by Crippen LogP contribution is 2.48. The van der Waals surface area contributed by atoms with Gasteiger partial charge in [0, 0.05) is 5.56 Å². The minimum atomic E-state index is -4.95. The van der Waals surface area contributed by atoms with E-state index in [-0.39, 0.29) is 5.56 Å². The van der Waals surface area contributed by atoms with E-state index in [1.165, 1.54) is 23.3 Å². The van der Waals surface area contributed by atoms with Crippen LogP contribution in [-0.4, -0.2) is 32.0 Å². The van der Waals surface area contributed by atoms with Crippen LogP contribution >= 0.6 is 11.3 Å². The fourth-order valence-electron chi connectivity index (χ4n) is 3.24. The van der Waals surface area contributed by atoms with Crippen molar-refractivity contribution < 1.29 is 22.7 Å². The molecule has 1 aliphatic carbocycles. The van der Waals surface area contributed by atoms with Gasteiger partial charge < -0.3 is 10.1 Å². The first kappa shape index (κ1) is 22.2. The maximum absolute atomic E-state index is 12.9. The van der Waals surface area contributed by atoms with E-state index in [4.69, 9.17) is 5.26 Å². The molecule has 0 aliphatic heterocycles. The topological polar surface area (TPSA) is 130 Å². The number of benzene rings is 1. The molecule has 1 aromatic carbocycles. The van der Waals surface area contributed by atoms with E-state index in [1.54, 1.807) is 6.92 Å². The number of amides is 1. The molecule has 1 saturated carbocycles. The van der Waals surface area contributed by atoms with Crippen LogP contribution < -0.4 is 10.1 Å². The van der Waals surface area contributed by atoms with Gasteiger partial charge in [-0.2, -0.15) is 20.3 Å². The summed E-state index contributed by atoms with van der Waals surface area (Å²) in [6.07, 6.45) is -1.35. The Hall–Kier alpha value is -3.97. The van der Waals surface area contributed by atoms with E-state index in [9.17, 15) is 23.2 Å². The molecule has 2 heterocycles. The zero-order valence-electron chi connectivity index (χ0n) is 16.9. The maximum atomic E-state index is 12.9. The minimum absolute atomic E-state index is 0.0906. The van der Waals surface area contributed by atoms with Crippen molar-refractivity contribution in [1.29, 1.82) is 10.5 Å². The molecule has 1 atom stereocenters. The number of alkyl halides is 3. The van der Waals surface area contributed by atoms with Crippen LogP contribution in [-0.2, 0) is 5.41 Å². The van der Waals surface area contributed by atoms with E-state index < -0.39 is 29.5 Å². The number of thiazole rings is 1. The van der Waals surface area contributed by atoms with Crippen LogP contribution in [0.1, 0.15) is 52.4 Å². The fourth-order valence-corrected chi connectivity index (χ4v) is 3.92. The third-order valence-corrected chi connectivity index (χ3v) is 5.89. The van der Waals surface area contributed by atoms with Crippen molar-refractivity contribution in [3.05, 3.63) is 52.6 Å². The van der Waals surface area contributed by atoms with Crippen molar-refractivity contribution in [3.8, 4) is 23.0 Å². The molecule has 1 aliphatic rings. The molecule has 13 heteroatoms. The normalized spacial score (nSPS) is 15.2. The standard InChI is InChI=1S/C20H14F3N7O2S/c1-11(16-27-10-28-30(16)18-26-8-15(7-24)33-18)29-17(31)12-4-13(19(9-25)2-3-19)6-14(5-12)32-20(21,22)23/h4-6,8,10-11H,2-3H2,1H3,(H,29,31). The number of nitrogens with zero attached hydrogens (tertiary/aromatic N) is 6. The monoisotopic (exact) mass is 473 g/mol. The highest BCUT2D eigenvalue weighted by atomic mass is 32.1. The Labute approximate surface area is 189 Å². The van der Waals surface area contributed by atoms with Crippen LogP contribution in [0.4, 0.5) is 13.2 Å². The van der Waals surface area contributed by atoms with E-state index in [2.05, 4.69) is 31.2 Å². The fraction of sp³-hybridized carbons (Fsp3) is 0.300. The zero-order chi connectivity index (χ0) is 23.8. The van der Waals surface area contributed by atoms with E-state index >= 15 is 0 Å². The van der Waals surface area contributed by atoms with Gasteiger partial charge in [-0.3, -0.25) is 4.79 Å². The van der Waals surface area contributed by atoms with Gasteiger partial charge in [0.1, 0.15) is 23.0 Å². The van der Waals surface area contributed by atoms with Gasteiger partial charge >= 0.3 is 6.36 Å². The highest BCUT2D eigenvalue weighted by molar-refractivity contribution is 7.14. The molecule has 33 heavy (non-hydrogen) atoms. The zero-order valence-corrected chi connectivity index (χ0v) is 17.7. The Morgan fingerprint density at radius 3 is 2.67 bits per heavy atom. The van der Waals surface area contributed by atoms with E-state index in [0.29, 0.717) is 34.2 Å². The van der Waals surface area contributed by atoms with Gasteiger partial charge in [-0.05, 0) is 43.5 Å². The van der Waals surface area contributed by atoms with Crippen molar-refractivity contribution in [3.63, 3.8) is 0 Å². The Balaban J connectivity index is 1.61. The molecule has 9 nitrogen and oxygen atoms in total. The molecule has 1 amide bonds. The second-order valence-corrected chi connectivity index (χ2v) is 8.34. The predicted molar refractivity (Wildman–Crippen MR) is 107 cm³/mol. The van der Waals surface area contributed by atoms with E-state index in [1.807, 2.05) is 6.07 Å². The summed E-state index contributed by atoms with van der Waals surface area (Å²) in [7, 11) is 0. The molecule has 3 aromatic rings. The minimum Gasteiger partial charge on any atom is -0.406 e. The van der Waals surface area contributed by atoms with Gasteiger partial charge in [-0.15, -0.1) is 13.2 Å². The molecule has 2 aromatic heterocycles. The predicted octanol–water partition coefficient (Wildman–Crippen LogP) is 3.54. The lowest BCUT2D eigenvalue weighted by molar-refractivity contribution is -0.274. The Bertz CT molecular complexity index is 1300. The number of ether oxygens (including phenoxy) is 1. The number of aromatic nitrogens is 4. The number of nitrogens with one attached hydrogen (secondary N) is 1. The van der Waals surface area contributed by atoms with Gasteiger partial charge in [-0.25, -0.2) is 9.97 Å². The van der Waals surface area contributed by atoms with Crippen LogP contribution in [0.5, 0.6) is 5.75 Å². The first-order valence-corrected chi connectivity index (χ1v) is 10.4. The summed E-state index contributed by atoms with van der Waals surface area (Å²) in [4.78, 5) is 21.5. The lowest BCUT2D eigenvalue weighted by Crippen LogP contribution is -2.29. The van der Waals surface area contributed by atoms with Crippen molar-refractivity contribution >= 4 is 17.2 Å². The molecule has 4 rings (SSSR count). The molecule has 1 N–H and O–H groups in total. The Kier molecular flexibility index (Phi) is 5.51. The number of nitriles is 2. The highest BCUT2D eigenvalue weighted by Gasteiger charge is 2.46. The molecule has 0 bridgehead atoms. The lowest BCUT2D eigenvalue weighted by Gasteiger charge is -2.17. The van der Waals surface area contributed by atoms with Crippen LogP contribution in [0, 0.1) is 22.7 Å². The summed E-state index contributed by atoms with van der Waals surface area (Å²) in [5.74, 6) is -0.952. The molecule has 1 fully saturated rings. The third-order valence-electron chi connectivity index (χ3n) is 5.01. The molecule has 168 valence electrons. The van der Waals surface area contributed by atoms with Gasteiger partial charge in [0.2, 0.25) is 5.13 Å². The first-order chi connectivity index (χ1) is 15.6. The smallest absolute Gasteiger partial charge is 0.406 e. The van der Waals surface area contributed by atoms with Gasteiger partial charge in [0.25, 0.3) is 5.91 Å². The number of hydrogen-bond donors (Lipinski definition) is 1. The van der Waals surface area contributed by atoms with Crippen LogP contribution in [0.3, 0.4) is 0 Å². The van der Waals surface area contributed by atoms with Crippen molar-refractivity contribution in [2.24, 2.45) is 0 Å². The van der Waals surface area contributed by atoms with Gasteiger partial charge in [-0.1, -0.05) is 11.3 Å². The summed E-state index contributed by atoms with van der Waals surface area (Å²) in [5, 5.41) is 25.5. The SMILES string of the molecule is CC(NC(=O)c1cc(OC(F)(F)F)cc(C2(C#N)CC2)c1)c1ncnn1-c1ncc(C#N)s1. The summed E-state index contributed by atoms with van der Waals surface area (Å²) < 4.78 is 43.8. The number of rotatable bonds is 6. The van der Waals surface area contributed by atoms with Crippen molar-refractivity contribution in [2.45, 2.75) is 37.6 Å². The summed E-state index contributed by atoms with van der Waals surface area (Å²) in [6, 6.07) is 6.86. The third kappa shape index (κ3) is 4.63. The van der Waals surface area contributed by atoms with Crippen LogP contribution in [0.25, 0.3) is 5.13 Å². The molecule has 0 spiro atoms. The van der Waals surface area contributed by atoms with Gasteiger partial charge in [0.15, 0.2) is 5.82 Å². The Morgan fingerprint density at radius 1 is 1.30 bits per heavy atom. The summed E-state index contributed by atoms with van der Waals surface area (Å²) >= 11 is 1.08. The molecule has 1 unspecified atom stereocenters. The van der Waals surface area contributed by atoms with Crippen molar-refractivity contribution in [2.75, 3.05) is 0 Å². The number of carbonyl (C=O) groups excluding carboxylic acids is 1. The van der Waals surface area contributed by atoms with Gasteiger partial charge in [0.05, 0.1) is 23.7 Å². The second kappa shape index (κ2) is 8.18. The Morgan fingerprint density at radius 2 is 2.06 bits per heavy atom. The van der Waals surface area contributed by atoms with Crippen LogP contribution in [0.2, 0.25) is 0 Å². The number of halogens is 3. The van der Waals surface area contributed by atoms with Crippen molar-refractivity contribution in [1.82, 2.24) is 25.1 Å². The average Bonchev–Trinajstić information content (AvgIpc) is 3.17. The number of carbonyl (C=O) groups is 1. The van der Waals surface area contributed by atoms with Crippen LogP contribution in [0.15, 0.2) is 30.7 Å². The summed E-state index contributed by atoms with van der Waals surface area (Å²) in [6.45, 7) is 1.62. The maximum Gasteiger partial charge on any atom is 0.573 e. The largest absolute Gasteiger partial charge is 0.573 e. The number of hydrogen-bond acceptors (Lipinski definition) is 8. The molecule has 0 saturated heterocycles. The lowest BCUT2D eigenvalue weighted by atomic mass is 9.95. The average molecular weight is 473 g/mol. The molecule has 0 radical (unpaired) electrons. The van der Waals surface area contributed by atoms with E-state index in [0.717, 1.165) is 23.5 Å². The summed E-state index contributed by atoms with van der Waals surface area (Å²) in [5.41, 5.74) is -0.721. The quantitative estimate of drug-likeness (QED) is 0.580. The first-order valence-electron chi connectivity index (χ1n) is 9.54. The molecular weight excluding hydrogens is 459 g/mol. The second-order valence-electron chi connectivity index (χ2n) is 7.33. The molecular formula is C20H14F3N7O2S.